The van der Waals surface area contributed by atoms with Crippen LogP contribution in [-0.4, -0.2) is 36.5 Å². The van der Waals surface area contributed by atoms with Gasteiger partial charge in [0, 0.05) is 25.2 Å². The molecule has 1 rings (SSSR count). The second-order valence-corrected chi connectivity index (χ2v) is 6.28. The number of hydrogen-bond donors (Lipinski definition) is 1. The molecule has 16 heavy (non-hydrogen) atoms. The number of aryl methyl sites for hydroxylation is 1. The molecule has 1 N–H and O–H groups in total. The fraction of sp³-hybridized carbons (Fsp3) is 0.700. The second-order valence-electron chi connectivity index (χ2n) is 3.87. The number of rotatable bonds is 5. The van der Waals surface area contributed by atoms with Gasteiger partial charge in [-0.2, -0.15) is 0 Å². The van der Waals surface area contributed by atoms with Crippen molar-refractivity contribution in [3.05, 3.63) is 18.2 Å². The lowest BCUT2D eigenvalue weighted by Gasteiger charge is -2.22. The highest BCUT2D eigenvalue weighted by Gasteiger charge is 2.28. The van der Waals surface area contributed by atoms with Crippen molar-refractivity contribution in [1.82, 2.24) is 14.9 Å². The Balaban J connectivity index is 3.08. The van der Waals surface area contributed by atoms with Crippen LogP contribution < -0.4 is 5.32 Å². The maximum Gasteiger partial charge on any atom is 0.152 e. The van der Waals surface area contributed by atoms with Crippen LogP contribution in [0.4, 0.5) is 0 Å². The van der Waals surface area contributed by atoms with Gasteiger partial charge in [-0.25, -0.2) is 13.4 Å². The van der Waals surface area contributed by atoms with Crippen LogP contribution in [-0.2, 0) is 16.4 Å². The van der Waals surface area contributed by atoms with Crippen molar-refractivity contribution in [2.45, 2.75) is 31.7 Å². The van der Waals surface area contributed by atoms with Gasteiger partial charge in [0.15, 0.2) is 9.84 Å². The Morgan fingerprint density at radius 3 is 2.62 bits per heavy atom. The van der Waals surface area contributed by atoms with Gasteiger partial charge in [0.05, 0.1) is 11.3 Å². The predicted octanol–water partition coefficient (Wildman–Crippen LogP) is 0.597. The lowest BCUT2D eigenvalue weighted by molar-refractivity contribution is 0.496. The number of hydrogen-bond acceptors (Lipinski definition) is 4. The minimum atomic E-state index is -3.08. The average Bonchev–Trinajstić information content (AvgIpc) is 2.65. The normalized spacial score (nSPS) is 16.0. The fourth-order valence-electron chi connectivity index (χ4n) is 1.69. The third-order valence-electron chi connectivity index (χ3n) is 2.82. The van der Waals surface area contributed by atoms with E-state index in [9.17, 15) is 8.42 Å². The maximum absolute atomic E-state index is 11.5. The molecule has 0 amide bonds. The Morgan fingerprint density at radius 1 is 1.56 bits per heavy atom. The highest BCUT2D eigenvalue weighted by atomic mass is 32.2. The molecule has 5 nitrogen and oxygen atoms in total. The summed E-state index contributed by atoms with van der Waals surface area (Å²) in [6, 6.07) is -0.273. The molecule has 0 saturated carbocycles. The van der Waals surface area contributed by atoms with Gasteiger partial charge in [-0.3, -0.25) is 0 Å². The predicted molar refractivity (Wildman–Crippen MR) is 64.0 cm³/mol. The topological polar surface area (TPSA) is 64.0 Å². The molecular formula is C10H19N3O2S. The average molecular weight is 245 g/mol. The van der Waals surface area contributed by atoms with E-state index in [4.69, 9.17) is 0 Å². The number of nitrogens with one attached hydrogen (secondary N) is 1. The summed E-state index contributed by atoms with van der Waals surface area (Å²) in [6.45, 7) is 4.48. The summed E-state index contributed by atoms with van der Waals surface area (Å²) in [5, 5.41) is 2.53. The summed E-state index contributed by atoms with van der Waals surface area (Å²) in [6.07, 6.45) is 4.80. The van der Waals surface area contributed by atoms with E-state index < -0.39 is 15.1 Å². The van der Waals surface area contributed by atoms with Gasteiger partial charge in [-0.15, -0.1) is 0 Å². The smallest absolute Gasteiger partial charge is 0.152 e. The molecule has 6 heteroatoms. The van der Waals surface area contributed by atoms with Gasteiger partial charge >= 0.3 is 0 Å². The molecule has 0 aliphatic heterocycles. The molecule has 0 fully saturated rings. The largest absolute Gasteiger partial charge is 0.334 e. The molecule has 0 bridgehead atoms. The number of imidazole rings is 1. The number of sulfone groups is 1. The monoisotopic (exact) mass is 245 g/mol. The summed E-state index contributed by atoms with van der Waals surface area (Å²) in [4.78, 5) is 4.23. The first kappa shape index (κ1) is 13.2. The third-order valence-corrected chi connectivity index (χ3v) is 4.45. The molecule has 1 aromatic rings. The van der Waals surface area contributed by atoms with Crippen LogP contribution in [0.1, 0.15) is 25.7 Å². The van der Waals surface area contributed by atoms with E-state index in [-0.39, 0.29) is 6.04 Å². The van der Waals surface area contributed by atoms with Crippen LogP contribution in [0.15, 0.2) is 12.4 Å². The molecular weight excluding hydrogens is 226 g/mol. The molecule has 0 saturated heterocycles. The molecule has 2 atom stereocenters. The first-order chi connectivity index (χ1) is 7.41. The highest BCUT2D eigenvalue weighted by molar-refractivity contribution is 7.91. The van der Waals surface area contributed by atoms with E-state index in [1.54, 1.807) is 20.2 Å². The standard InChI is InChI=1S/C10H19N3O2S/c1-5-13-7-6-12-10(13)9(11-3)8(2)16(4,14)15/h6-9,11H,5H2,1-4H3. The molecule has 0 aliphatic rings. The molecule has 0 radical (unpaired) electrons. The molecule has 0 aliphatic carbocycles. The van der Waals surface area contributed by atoms with E-state index in [1.165, 1.54) is 6.26 Å². The van der Waals surface area contributed by atoms with Gasteiger partial charge in [-0.05, 0) is 20.9 Å². The second kappa shape index (κ2) is 4.97. The minimum Gasteiger partial charge on any atom is -0.334 e. The summed E-state index contributed by atoms with van der Waals surface area (Å²) in [7, 11) is -1.33. The Bertz CT molecular complexity index is 439. The van der Waals surface area contributed by atoms with Crippen molar-refractivity contribution in [2.75, 3.05) is 13.3 Å². The van der Waals surface area contributed by atoms with Gasteiger partial charge < -0.3 is 9.88 Å². The Hall–Kier alpha value is -0.880. The van der Waals surface area contributed by atoms with Gasteiger partial charge in [0.25, 0.3) is 0 Å². The maximum atomic E-state index is 11.5. The Kier molecular flexibility index (Phi) is 4.09. The van der Waals surface area contributed by atoms with Gasteiger partial charge in [-0.1, -0.05) is 0 Å². The summed E-state index contributed by atoms with van der Waals surface area (Å²) < 4.78 is 25.0. The summed E-state index contributed by atoms with van der Waals surface area (Å²) in [5.41, 5.74) is 0. The van der Waals surface area contributed by atoms with E-state index in [2.05, 4.69) is 10.3 Å². The van der Waals surface area contributed by atoms with Crippen molar-refractivity contribution >= 4 is 9.84 Å². The zero-order chi connectivity index (χ0) is 12.3. The Labute approximate surface area is 96.8 Å². The quantitative estimate of drug-likeness (QED) is 0.825. The number of nitrogens with zero attached hydrogens (tertiary/aromatic N) is 2. The summed E-state index contributed by atoms with van der Waals surface area (Å²) in [5.74, 6) is 0.767. The van der Waals surface area contributed by atoms with E-state index in [0.29, 0.717) is 0 Å². The van der Waals surface area contributed by atoms with Crippen LogP contribution in [0.25, 0.3) is 0 Å². The van der Waals surface area contributed by atoms with E-state index >= 15 is 0 Å². The molecule has 2 unspecified atom stereocenters. The van der Waals surface area contributed by atoms with Gasteiger partial charge in [0.2, 0.25) is 0 Å². The molecule has 1 heterocycles. The van der Waals surface area contributed by atoms with Crippen molar-refractivity contribution in [3.8, 4) is 0 Å². The first-order valence-electron chi connectivity index (χ1n) is 5.29. The van der Waals surface area contributed by atoms with Crippen molar-refractivity contribution < 1.29 is 8.42 Å². The molecule has 0 spiro atoms. The lowest BCUT2D eigenvalue weighted by Crippen LogP contribution is -2.35. The van der Waals surface area contributed by atoms with Crippen LogP contribution in [0.3, 0.4) is 0 Å². The van der Waals surface area contributed by atoms with Crippen LogP contribution in [0, 0.1) is 0 Å². The van der Waals surface area contributed by atoms with E-state index in [1.807, 2.05) is 17.7 Å². The zero-order valence-corrected chi connectivity index (χ0v) is 11.0. The zero-order valence-electron chi connectivity index (χ0n) is 10.1. The first-order valence-corrected chi connectivity index (χ1v) is 7.24. The Morgan fingerprint density at radius 2 is 2.19 bits per heavy atom. The molecule has 0 aromatic carbocycles. The minimum absolute atomic E-state index is 0.273. The van der Waals surface area contributed by atoms with Gasteiger partial charge in [0.1, 0.15) is 5.82 Å². The SMILES string of the molecule is CCn1ccnc1C(NC)C(C)S(C)(=O)=O. The van der Waals surface area contributed by atoms with Crippen LogP contribution in [0.5, 0.6) is 0 Å². The van der Waals surface area contributed by atoms with Crippen molar-refractivity contribution in [2.24, 2.45) is 0 Å². The molecule has 1 aromatic heterocycles. The van der Waals surface area contributed by atoms with E-state index in [0.717, 1.165) is 12.4 Å². The lowest BCUT2D eigenvalue weighted by atomic mass is 10.2. The third kappa shape index (κ3) is 2.62. The van der Waals surface area contributed by atoms with Crippen LogP contribution >= 0.6 is 0 Å². The summed E-state index contributed by atoms with van der Waals surface area (Å²) >= 11 is 0. The highest BCUT2D eigenvalue weighted by Crippen LogP contribution is 2.19. The number of aromatic nitrogens is 2. The van der Waals surface area contributed by atoms with Crippen molar-refractivity contribution in [1.29, 1.82) is 0 Å². The van der Waals surface area contributed by atoms with Crippen LogP contribution in [0.2, 0.25) is 0 Å². The molecule has 92 valence electrons. The fourth-order valence-corrected chi connectivity index (χ4v) is 2.44. The van der Waals surface area contributed by atoms with Crippen molar-refractivity contribution in [3.63, 3.8) is 0 Å².